The van der Waals surface area contributed by atoms with Crippen molar-refractivity contribution >= 4 is 28.0 Å². The van der Waals surface area contributed by atoms with Crippen LogP contribution in [-0.4, -0.2) is 22.9 Å². The summed E-state index contributed by atoms with van der Waals surface area (Å²) in [6.07, 6.45) is 4.98. The molecule has 0 bridgehead atoms. The topological polar surface area (TPSA) is 44.1 Å². The summed E-state index contributed by atoms with van der Waals surface area (Å²) in [5, 5.41) is 3.22. The molecule has 0 unspecified atom stereocenters. The Balaban J connectivity index is 2.07. The highest BCUT2D eigenvalue weighted by molar-refractivity contribution is 5.93. The van der Waals surface area contributed by atoms with E-state index in [1.807, 2.05) is 54.9 Å². The molecule has 0 saturated carbocycles. The lowest BCUT2D eigenvalue weighted by Crippen LogP contribution is -2.02. The van der Waals surface area contributed by atoms with Gasteiger partial charge in [0, 0.05) is 34.5 Å². The fourth-order valence-electron chi connectivity index (χ4n) is 3.18. The molecule has 0 aliphatic rings. The van der Waals surface area contributed by atoms with E-state index in [4.69, 9.17) is 4.74 Å². The number of benzene rings is 2. The van der Waals surface area contributed by atoms with E-state index in [-0.39, 0.29) is 0 Å². The van der Waals surface area contributed by atoms with Gasteiger partial charge in [-0.15, -0.1) is 0 Å². The van der Waals surface area contributed by atoms with Crippen LogP contribution in [0, 0.1) is 0 Å². The quantitative estimate of drug-likeness (QED) is 0.536. The third-order valence-electron chi connectivity index (χ3n) is 4.27. The van der Waals surface area contributed by atoms with Crippen molar-refractivity contribution in [3.63, 3.8) is 0 Å². The van der Waals surface area contributed by atoms with Crippen molar-refractivity contribution in [3.05, 3.63) is 66.6 Å². The highest BCUT2D eigenvalue weighted by atomic mass is 16.5. The zero-order chi connectivity index (χ0) is 16.5. The lowest BCUT2D eigenvalue weighted by atomic mass is 10.1. The zero-order valence-corrected chi connectivity index (χ0v) is 13.3. The highest BCUT2D eigenvalue weighted by Gasteiger charge is 2.13. The maximum absolute atomic E-state index is 11.2. The Hall–Kier alpha value is -3.14. The van der Waals surface area contributed by atoms with Crippen molar-refractivity contribution in [3.8, 4) is 11.4 Å². The monoisotopic (exact) mass is 316 g/mol. The Morgan fingerprint density at radius 3 is 2.79 bits per heavy atom. The van der Waals surface area contributed by atoms with E-state index in [2.05, 4.69) is 15.6 Å². The number of hydrogen-bond acceptors (Lipinski definition) is 3. The predicted molar refractivity (Wildman–Crippen MR) is 94.9 cm³/mol. The number of pyridine rings is 1. The van der Waals surface area contributed by atoms with Crippen LogP contribution in [0.4, 0.5) is 0 Å². The average Bonchev–Trinajstić information content (AvgIpc) is 2.98. The summed E-state index contributed by atoms with van der Waals surface area (Å²) in [6, 6.07) is 16.1. The standard InChI is InChI=1S/C20H16N2O2/c1-24-17-6-7-19-15(11-17)10-16(8-9-23)22(19)20-13-21-12-14-4-2-3-5-18(14)20/h2-7,9-13H,8H2,1H3. The third kappa shape index (κ3) is 2.24. The normalized spacial score (nSPS) is 11.0. The molecule has 0 amide bonds. The van der Waals surface area contributed by atoms with Gasteiger partial charge in [-0.05, 0) is 24.3 Å². The van der Waals surface area contributed by atoms with Crippen LogP contribution < -0.4 is 4.74 Å². The van der Waals surface area contributed by atoms with Crippen LogP contribution in [0.1, 0.15) is 5.69 Å². The molecule has 0 aliphatic heterocycles. The summed E-state index contributed by atoms with van der Waals surface area (Å²) in [4.78, 5) is 15.5. The molecule has 4 nitrogen and oxygen atoms in total. The minimum absolute atomic E-state index is 0.347. The number of ether oxygens (including phenoxy) is 1. The molecular formula is C20H16N2O2. The number of fused-ring (bicyclic) bond motifs is 2. The van der Waals surface area contributed by atoms with E-state index in [1.165, 1.54) is 0 Å². The molecule has 2 heterocycles. The average molecular weight is 316 g/mol. The van der Waals surface area contributed by atoms with Gasteiger partial charge in [0.25, 0.3) is 0 Å². The molecule has 0 atom stereocenters. The second-order valence-corrected chi connectivity index (χ2v) is 5.65. The number of carbonyl (C=O) groups is 1. The molecule has 2 aromatic heterocycles. The minimum Gasteiger partial charge on any atom is -0.497 e. The first-order chi connectivity index (χ1) is 11.8. The van der Waals surface area contributed by atoms with Gasteiger partial charge in [-0.1, -0.05) is 24.3 Å². The van der Waals surface area contributed by atoms with Gasteiger partial charge in [-0.25, -0.2) is 0 Å². The Morgan fingerprint density at radius 2 is 1.96 bits per heavy atom. The van der Waals surface area contributed by atoms with Crippen LogP contribution in [0.2, 0.25) is 0 Å². The molecule has 118 valence electrons. The number of hydrogen-bond donors (Lipinski definition) is 0. The number of rotatable bonds is 4. The van der Waals surface area contributed by atoms with Crippen molar-refractivity contribution in [1.29, 1.82) is 0 Å². The number of aldehydes is 1. The van der Waals surface area contributed by atoms with Gasteiger partial charge in [0.05, 0.1) is 24.5 Å². The number of methoxy groups -OCH3 is 1. The lowest BCUT2D eigenvalue weighted by molar-refractivity contribution is -0.107. The first-order valence-electron chi connectivity index (χ1n) is 7.77. The summed E-state index contributed by atoms with van der Waals surface area (Å²) in [5.41, 5.74) is 2.95. The van der Waals surface area contributed by atoms with Crippen molar-refractivity contribution in [1.82, 2.24) is 9.55 Å². The van der Waals surface area contributed by atoms with Crippen LogP contribution in [-0.2, 0) is 11.2 Å². The van der Waals surface area contributed by atoms with Crippen molar-refractivity contribution in [2.45, 2.75) is 6.42 Å². The van der Waals surface area contributed by atoms with Crippen LogP contribution >= 0.6 is 0 Å². The van der Waals surface area contributed by atoms with Gasteiger partial charge in [-0.3, -0.25) is 4.98 Å². The first-order valence-corrected chi connectivity index (χ1v) is 7.77. The maximum Gasteiger partial charge on any atom is 0.125 e. The van der Waals surface area contributed by atoms with E-state index in [1.54, 1.807) is 7.11 Å². The molecule has 4 rings (SSSR count). The van der Waals surface area contributed by atoms with E-state index >= 15 is 0 Å². The Labute approximate surface area is 139 Å². The Kier molecular flexibility index (Phi) is 3.50. The minimum atomic E-state index is 0.347. The van der Waals surface area contributed by atoms with Gasteiger partial charge in [0.1, 0.15) is 12.0 Å². The molecule has 4 heteroatoms. The van der Waals surface area contributed by atoms with Gasteiger partial charge in [0.15, 0.2) is 0 Å². The Morgan fingerprint density at radius 1 is 1.08 bits per heavy atom. The Bertz CT molecular complexity index is 1040. The second kappa shape index (κ2) is 5.81. The zero-order valence-electron chi connectivity index (χ0n) is 13.3. The van der Waals surface area contributed by atoms with E-state index in [0.717, 1.165) is 45.1 Å². The molecular weight excluding hydrogens is 300 g/mol. The SMILES string of the molecule is COc1ccc2c(c1)cc(CC=O)n2-c1cncc2ccccc12. The fourth-order valence-corrected chi connectivity index (χ4v) is 3.18. The molecule has 0 saturated heterocycles. The van der Waals surface area contributed by atoms with E-state index in [9.17, 15) is 4.79 Å². The molecule has 24 heavy (non-hydrogen) atoms. The van der Waals surface area contributed by atoms with E-state index < -0.39 is 0 Å². The van der Waals surface area contributed by atoms with Crippen LogP contribution in [0.5, 0.6) is 5.75 Å². The van der Waals surface area contributed by atoms with Crippen molar-refractivity contribution in [2.75, 3.05) is 7.11 Å². The molecule has 0 fully saturated rings. The smallest absolute Gasteiger partial charge is 0.125 e. The highest BCUT2D eigenvalue weighted by Crippen LogP contribution is 2.30. The largest absolute Gasteiger partial charge is 0.497 e. The molecule has 4 aromatic rings. The van der Waals surface area contributed by atoms with Crippen LogP contribution in [0.15, 0.2) is 60.9 Å². The summed E-state index contributed by atoms with van der Waals surface area (Å²) in [7, 11) is 1.65. The van der Waals surface area contributed by atoms with Gasteiger partial charge >= 0.3 is 0 Å². The molecule has 0 aliphatic carbocycles. The van der Waals surface area contributed by atoms with Crippen LogP contribution in [0.3, 0.4) is 0 Å². The molecule has 0 spiro atoms. The van der Waals surface area contributed by atoms with Gasteiger partial charge in [0.2, 0.25) is 0 Å². The predicted octanol–water partition coefficient (Wildman–Crippen LogP) is 3.93. The second-order valence-electron chi connectivity index (χ2n) is 5.65. The maximum atomic E-state index is 11.2. The molecule has 2 aromatic carbocycles. The number of nitrogens with zero attached hydrogens (tertiary/aromatic N) is 2. The summed E-state index contributed by atoms with van der Waals surface area (Å²) in [5.74, 6) is 0.799. The van der Waals surface area contributed by atoms with Gasteiger partial charge in [-0.2, -0.15) is 0 Å². The van der Waals surface area contributed by atoms with Crippen molar-refractivity contribution in [2.24, 2.45) is 0 Å². The molecule has 0 radical (unpaired) electrons. The van der Waals surface area contributed by atoms with E-state index in [0.29, 0.717) is 6.42 Å². The van der Waals surface area contributed by atoms with Gasteiger partial charge < -0.3 is 14.1 Å². The number of carbonyl (C=O) groups excluding carboxylic acids is 1. The summed E-state index contributed by atoms with van der Waals surface area (Å²) < 4.78 is 7.43. The lowest BCUT2D eigenvalue weighted by Gasteiger charge is -2.12. The molecule has 0 N–H and O–H groups in total. The number of aromatic nitrogens is 2. The van der Waals surface area contributed by atoms with Crippen molar-refractivity contribution < 1.29 is 9.53 Å². The van der Waals surface area contributed by atoms with Crippen LogP contribution in [0.25, 0.3) is 27.4 Å². The third-order valence-corrected chi connectivity index (χ3v) is 4.27. The summed E-state index contributed by atoms with van der Waals surface area (Å²) >= 11 is 0. The summed E-state index contributed by atoms with van der Waals surface area (Å²) in [6.45, 7) is 0. The first kappa shape index (κ1) is 14.5. The fraction of sp³-hybridized carbons (Fsp3) is 0.100.